The third kappa shape index (κ3) is 4.34. The van der Waals surface area contributed by atoms with Crippen LogP contribution in [0.3, 0.4) is 0 Å². The standard InChI is InChI=1S/C17H25NO2S/c1-4-6-12-15(16(18)20)21-17(5-2,13(3)19)14-10-8-7-9-11-14/h7-11,15H,4-6,12H2,1-3H3,(H2,18,20)/t15-,17-/m1/s1. The molecule has 0 aliphatic carbocycles. The lowest BCUT2D eigenvalue weighted by molar-refractivity contribution is -0.119. The molecular weight excluding hydrogens is 282 g/mol. The number of primary amides is 1. The Morgan fingerprint density at radius 2 is 1.86 bits per heavy atom. The number of hydrogen-bond donors (Lipinski definition) is 1. The highest BCUT2D eigenvalue weighted by atomic mass is 32.2. The van der Waals surface area contributed by atoms with Gasteiger partial charge in [0.2, 0.25) is 5.91 Å². The molecule has 0 aliphatic heterocycles. The monoisotopic (exact) mass is 307 g/mol. The average molecular weight is 307 g/mol. The zero-order valence-electron chi connectivity index (χ0n) is 13.1. The SMILES string of the molecule is CCCC[C@@H](S[C@](CC)(C(C)=O)c1ccccc1)C(N)=O. The van der Waals surface area contributed by atoms with Crippen molar-refractivity contribution in [2.24, 2.45) is 5.73 Å². The van der Waals surface area contributed by atoms with Crippen LogP contribution in [0.1, 0.15) is 52.0 Å². The Hall–Kier alpha value is -1.29. The van der Waals surface area contributed by atoms with Gasteiger partial charge in [0.25, 0.3) is 0 Å². The van der Waals surface area contributed by atoms with Crippen LogP contribution in [-0.2, 0) is 14.3 Å². The fraction of sp³-hybridized carbons (Fsp3) is 0.529. The van der Waals surface area contributed by atoms with Gasteiger partial charge in [-0.1, -0.05) is 57.0 Å². The molecule has 1 aromatic rings. The van der Waals surface area contributed by atoms with E-state index in [4.69, 9.17) is 5.73 Å². The molecule has 21 heavy (non-hydrogen) atoms. The van der Waals surface area contributed by atoms with Crippen LogP contribution >= 0.6 is 11.8 Å². The normalized spacial score (nSPS) is 15.2. The molecule has 0 bridgehead atoms. The topological polar surface area (TPSA) is 60.2 Å². The molecule has 0 saturated carbocycles. The summed E-state index contributed by atoms with van der Waals surface area (Å²) in [6, 6.07) is 9.69. The molecule has 0 fully saturated rings. The number of hydrogen-bond acceptors (Lipinski definition) is 3. The van der Waals surface area contributed by atoms with Crippen LogP contribution in [0.25, 0.3) is 0 Å². The van der Waals surface area contributed by atoms with Crippen LogP contribution in [0.2, 0.25) is 0 Å². The summed E-state index contributed by atoms with van der Waals surface area (Å²) in [4.78, 5) is 24.1. The molecular formula is C17H25NO2S. The number of ketones is 1. The molecule has 2 atom stereocenters. The van der Waals surface area contributed by atoms with E-state index in [1.807, 2.05) is 37.3 Å². The summed E-state index contributed by atoms with van der Waals surface area (Å²) in [7, 11) is 0. The first-order valence-corrected chi connectivity index (χ1v) is 8.39. The van der Waals surface area contributed by atoms with Gasteiger partial charge in [-0.3, -0.25) is 9.59 Å². The van der Waals surface area contributed by atoms with Crippen LogP contribution in [0, 0.1) is 0 Å². The van der Waals surface area contributed by atoms with E-state index in [0.717, 1.165) is 24.8 Å². The number of carbonyl (C=O) groups excluding carboxylic acids is 2. The van der Waals surface area contributed by atoms with E-state index in [-0.39, 0.29) is 16.9 Å². The van der Waals surface area contributed by atoms with Gasteiger partial charge in [0.1, 0.15) is 5.78 Å². The van der Waals surface area contributed by atoms with E-state index < -0.39 is 4.75 Å². The molecule has 0 heterocycles. The molecule has 1 aromatic carbocycles. The Labute approximate surface area is 131 Å². The molecule has 0 unspecified atom stereocenters. The number of unbranched alkanes of at least 4 members (excludes halogenated alkanes) is 1. The second-order valence-electron chi connectivity index (χ2n) is 5.25. The lowest BCUT2D eigenvalue weighted by Crippen LogP contribution is -2.36. The van der Waals surface area contributed by atoms with Crippen LogP contribution < -0.4 is 5.73 Å². The highest BCUT2D eigenvalue weighted by Gasteiger charge is 2.39. The van der Waals surface area contributed by atoms with Crippen LogP contribution in [0.15, 0.2) is 30.3 Å². The summed E-state index contributed by atoms with van der Waals surface area (Å²) in [5.41, 5.74) is 6.50. The van der Waals surface area contributed by atoms with E-state index in [9.17, 15) is 9.59 Å². The van der Waals surface area contributed by atoms with Gasteiger partial charge in [-0.15, -0.1) is 11.8 Å². The molecule has 0 spiro atoms. The van der Waals surface area contributed by atoms with E-state index >= 15 is 0 Å². The number of rotatable bonds is 9. The van der Waals surface area contributed by atoms with Crippen molar-refractivity contribution >= 4 is 23.5 Å². The molecule has 1 amide bonds. The van der Waals surface area contributed by atoms with Gasteiger partial charge in [0.05, 0.1) is 10.00 Å². The van der Waals surface area contributed by atoms with E-state index in [1.165, 1.54) is 11.8 Å². The molecule has 0 aromatic heterocycles. The zero-order valence-corrected chi connectivity index (χ0v) is 13.9. The van der Waals surface area contributed by atoms with Crippen molar-refractivity contribution in [3.8, 4) is 0 Å². The first kappa shape index (κ1) is 17.8. The number of thioether (sulfide) groups is 1. The quantitative estimate of drug-likeness (QED) is 0.757. The molecule has 3 nitrogen and oxygen atoms in total. The zero-order chi connectivity index (χ0) is 15.9. The van der Waals surface area contributed by atoms with Crippen molar-refractivity contribution in [1.82, 2.24) is 0 Å². The summed E-state index contributed by atoms with van der Waals surface area (Å²) in [6.07, 6.45) is 3.31. The molecule has 1 rings (SSSR count). The molecule has 0 aliphatic rings. The lowest BCUT2D eigenvalue weighted by atomic mass is 9.92. The highest BCUT2D eigenvalue weighted by molar-refractivity contribution is 8.02. The Morgan fingerprint density at radius 1 is 1.24 bits per heavy atom. The Kier molecular flexibility index (Phi) is 6.96. The van der Waals surface area contributed by atoms with Crippen molar-refractivity contribution in [3.63, 3.8) is 0 Å². The van der Waals surface area contributed by atoms with Crippen molar-refractivity contribution in [2.75, 3.05) is 0 Å². The number of amides is 1. The smallest absolute Gasteiger partial charge is 0.230 e. The Morgan fingerprint density at radius 3 is 2.29 bits per heavy atom. The van der Waals surface area contributed by atoms with Gasteiger partial charge in [0.15, 0.2) is 0 Å². The molecule has 4 heteroatoms. The third-order valence-corrected chi connectivity index (χ3v) is 5.75. The lowest BCUT2D eigenvalue weighted by Gasteiger charge is -2.33. The average Bonchev–Trinajstić information content (AvgIpc) is 2.48. The fourth-order valence-electron chi connectivity index (χ4n) is 2.49. The Balaban J connectivity index is 3.13. The third-order valence-electron chi connectivity index (χ3n) is 3.79. The largest absolute Gasteiger partial charge is 0.369 e. The van der Waals surface area contributed by atoms with E-state index in [2.05, 4.69) is 6.92 Å². The summed E-state index contributed by atoms with van der Waals surface area (Å²) in [6.45, 7) is 5.67. The molecule has 2 N–H and O–H groups in total. The number of benzene rings is 1. The first-order valence-electron chi connectivity index (χ1n) is 7.51. The first-order chi connectivity index (χ1) is 9.97. The van der Waals surface area contributed by atoms with Gasteiger partial charge < -0.3 is 5.73 Å². The maximum absolute atomic E-state index is 12.4. The van der Waals surface area contributed by atoms with Crippen LogP contribution in [0.4, 0.5) is 0 Å². The van der Waals surface area contributed by atoms with Crippen molar-refractivity contribution < 1.29 is 9.59 Å². The van der Waals surface area contributed by atoms with Gasteiger partial charge in [-0.05, 0) is 25.3 Å². The maximum atomic E-state index is 12.4. The van der Waals surface area contributed by atoms with E-state index in [0.29, 0.717) is 6.42 Å². The van der Waals surface area contributed by atoms with Crippen LogP contribution in [-0.4, -0.2) is 16.9 Å². The summed E-state index contributed by atoms with van der Waals surface area (Å²) < 4.78 is -0.686. The minimum absolute atomic E-state index is 0.0731. The summed E-state index contributed by atoms with van der Waals surface area (Å²) >= 11 is 1.42. The van der Waals surface area contributed by atoms with Crippen LogP contribution in [0.5, 0.6) is 0 Å². The van der Waals surface area contributed by atoms with Crippen molar-refractivity contribution in [1.29, 1.82) is 0 Å². The minimum atomic E-state index is -0.686. The highest BCUT2D eigenvalue weighted by Crippen LogP contribution is 2.44. The minimum Gasteiger partial charge on any atom is -0.369 e. The second kappa shape index (κ2) is 8.23. The number of Topliss-reactive ketones (excluding diaryl/α,β-unsaturated/α-hetero) is 1. The van der Waals surface area contributed by atoms with Gasteiger partial charge >= 0.3 is 0 Å². The molecule has 0 radical (unpaired) electrons. The number of carbonyl (C=O) groups is 2. The van der Waals surface area contributed by atoms with Crippen molar-refractivity contribution in [2.45, 2.75) is 56.5 Å². The summed E-state index contributed by atoms with van der Waals surface area (Å²) in [5.74, 6) is -0.257. The summed E-state index contributed by atoms with van der Waals surface area (Å²) in [5, 5.41) is -0.325. The van der Waals surface area contributed by atoms with Crippen molar-refractivity contribution in [3.05, 3.63) is 35.9 Å². The maximum Gasteiger partial charge on any atom is 0.230 e. The predicted octanol–water partition coefficient (Wildman–Crippen LogP) is 3.66. The fourth-order valence-corrected chi connectivity index (χ4v) is 3.98. The van der Waals surface area contributed by atoms with E-state index in [1.54, 1.807) is 6.92 Å². The predicted molar refractivity (Wildman–Crippen MR) is 89.2 cm³/mol. The Bertz CT molecular complexity index is 475. The van der Waals surface area contributed by atoms with Gasteiger partial charge in [-0.2, -0.15) is 0 Å². The van der Waals surface area contributed by atoms with Gasteiger partial charge in [0, 0.05) is 0 Å². The number of nitrogens with two attached hydrogens (primary N) is 1. The second-order valence-corrected chi connectivity index (χ2v) is 6.76. The molecule has 0 saturated heterocycles. The van der Waals surface area contributed by atoms with Gasteiger partial charge in [-0.25, -0.2) is 0 Å². The molecule has 116 valence electrons.